The van der Waals surface area contributed by atoms with Gasteiger partial charge in [-0.05, 0) is 42.9 Å². The van der Waals surface area contributed by atoms with Gasteiger partial charge in [0.05, 0.1) is 0 Å². The van der Waals surface area contributed by atoms with Gasteiger partial charge in [0.25, 0.3) is 0 Å². The van der Waals surface area contributed by atoms with Crippen molar-refractivity contribution in [3.63, 3.8) is 0 Å². The van der Waals surface area contributed by atoms with E-state index >= 15 is 0 Å². The molecule has 0 aromatic heterocycles. The summed E-state index contributed by atoms with van der Waals surface area (Å²) >= 11 is 11.6. The molecule has 1 aromatic carbocycles. The summed E-state index contributed by atoms with van der Waals surface area (Å²) in [6.45, 7) is 1.97. The number of hydrogen-bond acceptors (Lipinski definition) is 2. The molecule has 4 heteroatoms. The molecule has 0 unspecified atom stereocenters. The highest BCUT2D eigenvalue weighted by atomic mass is 79.9. The molecule has 1 fully saturated rings. The molecule has 0 amide bonds. The maximum absolute atomic E-state index is 6.00. The van der Waals surface area contributed by atoms with Crippen molar-refractivity contribution in [2.24, 2.45) is 0 Å². The van der Waals surface area contributed by atoms with Gasteiger partial charge >= 0.3 is 0 Å². The molecule has 0 heterocycles. The van der Waals surface area contributed by atoms with E-state index in [2.05, 4.69) is 27.5 Å². The molecule has 0 atom stereocenters. The fourth-order valence-electron chi connectivity index (χ4n) is 2.13. The Balaban J connectivity index is 1.87. The smallest absolute Gasteiger partial charge is 0.0410 e. The van der Waals surface area contributed by atoms with Gasteiger partial charge in [-0.25, -0.2) is 0 Å². The number of hydrogen-bond donors (Lipinski definition) is 1. The van der Waals surface area contributed by atoms with Gasteiger partial charge in [0, 0.05) is 27.3 Å². The van der Waals surface area contributed by atoms with Crippen molar-refractivity contribution < 1.29 is 0 Å². The Morgan fingerprint density at radius 3 is 2.82 bits per heavy atom. The van der Waals surface area contributed by atoms with Crippen LogP contribution in [0.4, 0.5) is 0 Å². The molecule has 1 N–H and O–H groups in total. The molecule has 0 saturated heterocycles. The summed E-state index contributed by atoms with van der Waals surface area (Å²) in [6.07, 6.45) is 6.29. The van der Waals surface area contributed by atoms with Crippen LogP contribution in [0.2, 0.25) is 5.02 Å². The van der Waals surface area contributed by atoms with E-state index in [1.54, 1.807) is 0 Å². The molecule has 0 spiro atoms. The molecule has 1 nitrogen and oxygen atoms in total. The predicted molar refractivity (Wildman–Crippen MR) is 81.0 cm³/mol. The number of rotatable bonds is 5. The van der Waals surface area contributed by atoms with E-state index in [1.807, 2.05) is 30.0 Å². The summed E-state index contributed by atoms with van der Waals surface area (Å²) in [7, 11) is 0. The van der Waals surface area contributed by atoms with E-state index in [0.29, 0.717) is 4.75 Å². The van der Waals surface area contributed by atoms with E-state index in [9.17, 15) is 0 Å². The maximum atomic E-state index is 6.00. The highest BCUT2D eigenvalue weighted by Gasteiger charge is 2.35. The van der Waals surface area contributed by atoms with Gasteiger partial charge in [-0.15, -0.1) is 0 Å². The van der Waals surface area contributed by atoms with Crippen molar-refractivity contribution >= 4 is 39.3 Å². The van der Waals surface area contributed by atoms with Gasteiger partial charge in [-0.3, -0.25) is 0 Å². The molecule has 1 saturated carbocycles. The first-order valence-corrected chi connectivity index (χ1v) is 8.25. The summed E-state index contributed by atoms with van der Waals surface area (Å²) in [5.74, 6) is 0. The third-order valence-electron chi connectivity index (χ3n) is 3.47. The zero-order valence-corrected chi connectivity index (χ0v) is 13.1. The van der Waals surface area contributed by atoms with Crippen LogP contribution in [0.15, 0.2) is 22.7 Å². The highest BCUT2D eigenvalue weighted by Crippen LogP contribution is 2.42. The third-order valence-corrected chi connectivity index (χ3v) is 5.90. The molecule has 1 aliphatic carbocycles. The van der Waals surface area contributed by atoms with Crippen LogP contribution < -0.4 is 5.32 Å². The topological polar surface area (TPSA) is 12.0 Å². The second kappa shape index (κ2) is 5.96. The minimum Gasteiger partial charge on any atom is -0.311 e. The minimum absolute atomic E-state index is 0.491. The molecule has 94 valence electrons. The van der Waals surface area contributed by atoms with Gasteiger partial charge in [0.2, 0.25) is 0 Å². The van der Waals surface area contributed by atoms with Gasteiger partial charge in [-0.2, -0.15) is 11.8 Å². The Bertz CT molecular complexity index is 387. The molecule has 0 radical (unpaired) electrons. The first kappa shape index (κ1) is 13.7. The first-order chi connectivity index (χ1) is 8.15. The molecular weight excluding hydrogens is 318 g/mol. The Kier molecular flexibility index (Phi) is 4.81. The van der Waals surface area contributed by atoms with Crippen LogP contribution >= 0.6 is 39.3 Å². The lowest BCUT2D eigenvalue weighted by Gasteiger charge is -2.40. The second-order valence-electron chi connectivity index (χ2n) is 4.58. The molecule has 0 aliphatic heterocycles. The zero-order valence-electron chi connectivity index (χ0n) is 9.93. The number of nitrogens with one attached hydrogen (secondary N) is 1. The lowest BCUT2D eigenvalue weighted by molar-refractivity contribution is 0.345. The Hall–Kier alpha value is 0.300. The summed E-state index contributed by atoms with van der Waals surface area (Å²) in [5, 5.41) is 4.35. The van der Waals surface area contributed by atoms with Crippen LogP contribution in [-0.2, 0) is 6.54 Å². The van der Waals surface area contributed by atoms with Crippen LogP contribution in [-0.4, -0.2) is 17.5 Å². The maximum Gasteiger partial charge on any atom is 0.0410 e. The van der Waals surface area contributed by atoms with E-state index in [0.717, 1.165) is 22.6 Å². The number of benzene rings is 1. The van der Waals surface area contributed by atoms with Gasteiger partial charge < -0.3 is 5.32 Å². The van der Waals surface area contributed by atoms with Crippen molar-refractivity contribution in [1.82, 2.24) is 5.32 Å². The average molecular weight is 335 g/mol. The SMILES string of the molecule is CSC1(CNCc2cc(Cl)ccc2Br)CCC1. The second-order valence-corrected chi connectivity index (χ2v) is 7.15. The van der Waals surface area contributed by atoms with Crippen molar-refractivity contribution in [2.75, 3.05) is 12.8 Å². The van der Waals surface area contributed by atoms with Gasteiger partial charge in [0.15, 0.2) is 0 Å². The normalized spacial score (nSPS) is 17.8. The van der Waals surface area contributed by atoms with E-state index < -0.39 is 0 Å². The largest absolute Gasteiger partial charge is 0.311 e. The van der Waals surface area contributed by atoms with E-state index in [4.69, 9.17) is 11.6 Å². The summed E-state index contributed by atoms with van der Waals surface area (Å²) in [5.41, 5.74) is 1.23. The Morgan fingerprint density at radius 2 is 2.24 bits per heavy atom. The minimum atomic E-state index is 0.491. The number of halogens is 2. The quantitative estimate of drug-likeness (QED) is 0.852. The van der Waals surface area contributed by atoms with Crippen molar-refractivity contribution in [1.29, 1.82) is 0 Å². The molecular formula is C13H17BrClNS. The predicted octanol–water partition coefficient (Wildman–Crippen LogP) is 4.48. The molecule has 1 aromatic rings. The monoisotopic (exact) mass is 333 g/mol. The van der Waals surface area contributed by atoms with Crippen molar-refractivity contribution in [3.8, 4) is 0 Å². The van der Waals surface area contributed by atoms with Crippen LogP contribution in [0.25, 0.3) is 0 Å². The van der Waals surface area contributed by atoms with E-state index in [1.165, 1.54) is 24.8 Å². The van der Waals surface area contributed by atoms with Crippen LogP contribution in [0, 0.1) is 0 Å². The van der Waals surface area contributed by atoms with E-state index in [-0.39, 0.29) is 0 Å². The summed E-state index contributed by atoms with van der Waals surface area (Å²) in [4.78, 5) is 0. The Labute approximate surface area is 121 Å². The Morgan fingerprint density at radius 1 is 1.47 bits per heavy atom. The van der Waals surface area contributed by atoms with Gasteiger partial charge in [-0.1, -0.05) is 34.0 Å². The third kappa shape index (κ3) is 3.40. The lowest BCUT2D eigenvalue weighted by atomic mass is 9.84. The van der Waals surface area contributed by atoms with Crippen LogP contribution in [0.5, 0.6) is 0 Å². The summed E-state index contributed by atoms with van der Waals surface area (Å²) in [6, 6.07) is 5.93. The fourth-order valence-corrected chi connectivity index (χ4v) is 3.65. The van der Waals surface area contributed by atoms with Crippen molar-refractivity contribution in [3.05, 3.63) is 33.3 Å². The lowest BCUT2D eigenvalue weighted by Crippen LogP contribution is -2.43. The average Bonchev–Trinajstić information content (AvgIpc) is 2.27. The van der Waals surface area contributed by atoms with Crippen LogP contribution in [0.1, 0.15) is 24.8 Å². The molecule has 1 aliphatic rings. The fraction of sp³-hybridized carbons (Fsp3) is 0.538. The molecule has 0 bridgehead atoms. The van der Waals surface area contributed by atoms with Gasteiger partial charge in [0.1, 0.15) is 0 Å². The molecule has 2 rings (SSSR count). The highest BCUT2D eigenvalue weighted by molar-refractivity contribution is 9.10. The first-order valence-electron chi connectivity index (χ1n) is 5.85. The standard InChI is InChI=1S/C13H17BrClNS/c1-17-13(5-2-6-13)9-16-8-10-7-11(15)3-4-12(10)14/h3-4,7,16H,2,5-6,8-9H2,1H3. The summed E-state index contributed by atoms with van der Waals surface area (Å²) < 4.78 is 1.62. The zero-order chi connectivity index (χ0) is 12.3. The molecule has 17 heavy (non-hydrogen) atoms. The van der Waals surface area contributed by atoms with Crippen molar-refractivity contribution in [2.45, 2.75) is 30.6 Å². The number of thioether (sulfide) groups is 1. The van der Waals surface area contributed by atoms with Crippen LogP contribution in [0.3, 0.4) is 0 Å².